The standard InChI is InChI=1S/C8H6N2O.C8H7N/c9-6-8(10-11)7-4-2-1-3-5-7;9-7-6-8-4-2-1-3-5-8/h1-5,11H;1-5H,6H2. The minimum atomic E-state index is 0.0330. The normalized spacial score (nSPS) is 9.60. The summed E-state index contributed by atoms with van der Waals surface area (Å²) >= 11 is 0. The highest BCUT2D eigenvalue weighted by molar-refractivity contribution is 6.11. The van der Waals surface area contributed by atoms with Crippen molar-refractivity contribution in [3.05, 3.63) is 71.8 Å². The van der Waals surface area contributed by atoms with Crippen LogP contribution in [0.2, 0.25) is 0 Å². The van der Waals surface area contributed by atoms with E-state index < -0.39 is 0 Å². The molecule has 0 aliphatic carbocycles. The third kappa shape index (κ3) is 5.03. The SMILES string of the molecule is N#CC(=NO)c1ccccc1.N#CCc1ccccc1. The molecule has 98 valence electrons. The van der Waals surface area contributed by atoms with Crippen molar-refractivity contribution in [1.82, 2.24) is 0 Å². The first-order valence-corrected chi connectivity index (χ1v) is 5.90. The summed E-state index contributed by atoms with van der Waals surface area (Å²) in [5.41, 5.74) is 1.74. The number of nitrogens with zero attached hydrogens (tertiary/aromatic N) is 3. The maximum absolute atomic E-state index is 8.44. The van der Waals surface area contributed by atoms with Crippen LogP contribution < -0.4 is 0 Å². The van der Waals surface area contributed by atoms with Crippen LogP contribution in [-0.2, 0) is 6.42 Å². The monoisotopic (exact) mass is 263 g/mol. The Bertz CT molecular complexity index is 622. The van der Waals surface area contributed by atoms with Gasteiger partial charge in [0.25, 0.3) is 0 Å². The van der Waals surface area contributed by atoms with Gasteiger partial charge < -0.3 is 5.21 Å². The lowest BCUT2D eigenvalue weighted by Gasteiger charge is -1.91. The van der Waals surface area contributed by atoms with Gasteiger partial charge >= 0.3 is 0 Å². The molecule has 0 fully saturated rings. The molecular weight excluding hydrogens is 250 g/mol. The van der Waals surface area contributed by atoms with Gasteiger partial charge in [-0.25, -0.2) is 0 Å². The van der Waals surface area contributed by atoms with Crippen molar-refractivity contribution in [2.45, 2.75) is 6.42 Å². The lowest BCUT2D eigenvalue weighted by molar-refractivity contribution is 0.320. The molecule has 2 aromatic rings. The summed E-state index contributed by atoms with van der Waals surface area (Å²) in [5.74, 6) is 0. The number of benzene rings is 2. The Morgan fingerprint density at radius 3 is 1.95 bits per heavy atom. The van der Waals surface area contributed by atoms with Crippen LogP contribution in [0.3, 0.4) is 0 Å². The van der Waals surface area contributed by atoms with Gasteiger partial charge in [-0.1, -0.05) is 65.8 Å². The lowest BCUT2D eigenvalue weighted by atomic mass is 10.1. The third-order valence-corrected chi connectivity index (χ3v) is 2.38. The molecule has 0 aliphatic heterocycles. The van der Waals surface area contributed by atoms with E-state index in [2.05, 4.69) is 11.2 Å². The van der Waals surface area contributed by atoms with E-state index >= 15 is 0 Å². The van der Waals surface area contributed by atoms with Crippen LogP contribution in [0.4, 0.5) is 0 Å². The van der Waals surface area contributed by atoms with E-state index in [-0.39, 0.29) is 5.71 Å². The maximum atomic E-state index is 8.44. The molecule has 0 aliphatic rings. The molecule has 0 bridgehead atoms. The summed E-state index contributed by atoms with van der Waals surface area (Å²) in [6.45, 7) is 0. The second-order valence-corrected chi connectivity index (χ2v) is 3.75. The van der Waals surface area contributed by atoms with Crippen LogP contribution in [0, 0.1) is 22.7 Å². The molecule has 0 spiro atoms. The summed E-state index contributed by atoms with van der Waals surface area (Å²) in [6.07, 6.45) is 0.515. The Kier molecular flexibility index (Phi) is 6.66. The van der Waals surface area contributed by atoms with Gasteiger partial charge in [-0.15, -0.1) is 0 Å². The number of oxime groups is 1. The van der Waals surface area contributed by atoms with Gasteiger partial charge in [0, 0.05) is 5.56 Å². The Morgan fingerprint density at radius 1 is 0.950 bits per heavy atom. The van der Waals surface area contributed by atoms with Crippen molar-refractivity contribution in [2.24, 2.45) is 5.16 Å². The quantitative estimate of drug-likeness (QED) is 0.513. The summed E-state index contributed by atoms with van der Waals surface area (Å²) in [5, 5.41) is 27.9. The largest absolute Gasteiger partial charge is 0.410 e. The molecule has 1 N–H and O–H groups in total. The van der Waals surface area contributed by atoms with Gasteiger partial charge in [-0.05, 0) is 5.56 Å². The fourth-order valence-electron chi connectivity index (χ4n) is 1.43. The molecule has 0 saturated carbocycles. The van der Waals surface area contributed by atoms with Crippen LogP contribution in [0.5, 0.6) is 0 Å². The van der Waals surface area contributed by atoms with Gasteiger partial charge in [0.15, 0.2) is 5.71 Å². The van der Waals surface area contributed by atoms with Crippen LogP contribution in [0.15, 0.2) is 65.8 Å². The molecule has 0 amide bonds. The first-order valence-electron chi connectivity index (χ1n) is 5.90. The van der Waals surface area contributed by atoms with Crippen molar-refractivity contribution in [1.29, 1.82) is 10.5 Å². The number of hydrogen-bond acceptors (Lipinski definition) is 4. The van der Waals surface area contributed by atoms with E-state index in [4.69, 9.17) is 15.7 Å². The van der Waals surface area contributed by atoms with Crippen LogP contribution in [0.1, 0.15) is 11.1 Å². The second kappa shape index (κ2) is 8.91. The van der Waals surface area contributed by atoms with Crippen LogP contribution >= 0.6 is 0 Å². The number of rotatable bonds is 2. The number of hydrogen-bond donors (Lipinski definition) is 1. The predicted molar refractivity (Wildman–Crippen MR) is 76.1 cm³/mol. The van der Waals surface area contributed by atoms with Gasteiger partial charge in [-0.2, -0.15) is 10.5 Å². The van der Waals surface area contributed by atoms with E-state index in [1.165, 1.54) is 0 Å². The molecular formula is C16H13N3O. The van der Waals surface area contributed by atoms with Crippen molar-refractivity contribution in [2.75, 3.05) is 0 Å². The third-order valence-electron chi connectivity index (χ3n) is 2.38. The van der Waals surface area contributed by atoms with E-state index in [1.807, 2.05) is 36.4 Å². The predicted octanol–water partition coefficient (Wildman–Crippen LogP) is 3.14. The van der Waals surface area contributed by atoms with Gasteiger partial charge in [0.05, 0.1) is 12.5 Å². The minimum Gasteiger partial charge on any atom is -0.410 e. The average Bonchev–Trinajstić information content (AvgIpc) is 2.52. The highest BCUT2D eigenvalue weighted by Crippen LogP contribution is 1.99. The highest BCUT2D eigenvalue weighted by atomic mass is 16.4. The van der Waals surface area contributed by atoms with E-state index in [9.17, 15) is 0 Å². The number of nitriles is 2. The van der Waals surface area contributed by atoms with Crippen LogP contribution in [-0.4, -0.2) is 10.9 Å². The minimum absolute atomic E-state index is 0.0330. The van der Waals surface area contributed by atoms with E-state index in [0.29, 0.717) is 12.0 Å². The molecule has 0 unspecified atom stereocenters. The summed E-state index contributed by atoms with van der Waals surface area (Å²) in [7, 11) is 0. The summed E-state index contributed by atoms with van der Waals surface area (Å²) in [6, 6.07) is 22.4. The zero-order valence-electron chi connectivity index (χ0n) is 10.8. The smallest absolute Gasteiger partial charge is 0.186 e. The first kappa shape index (κ1) is 14.9. The second-order valence-electron chi connectivity index (χ2n) is 3.75. The van der Waals surface area contributed by atoms with Crippen LogP contribution in [0.25, 0.3) is 0 Å². The zero-order valence-corrected chi connectivity index (χ0v) is 10.8. The molecule has 0 radical (unpaired) electrons. The molecule has 0 aromatic heterocycles. The average molecular weight is 263 g/mol. The summed E-state index contributed by atoms with van der Waals surface area (Å²) < 4.78 is 0. The van der Waals surface area contributed by atoms with E-state index in [1.54, 1.807) is 30.3 Å². The fraction of sp³-hybridized carbons (Fsp3) is 0.0625. The van der Waals surface area contributed by atoms with Gasteiger partial charge in [0.1, 0.15) is 6.07 Å². The molecule has 0 atom stereocenters. The van der Waals surface area contributed by atoms with E-state index in [0.717, 1.165) is 5.56 Å². The van der Waals surface area contributed by atoms with Crippen molar-refractivity contribution >= 4 is 5.71 Å². The van der Waals surface area contributed by atoms with Crippen molar-refractivity contribution in [3.8, 4) is 12.1 Å². The molecule has 2 rings (SSSR count). The Morgan fingerprint density at radius 2 is 1.50 bits per heavy atom. The topological polar surface area (TPSA) is 80.2 Å². The Hall–Kier alpha value is -3.11. The first-order chi connectivity index (χ1) is 9.81. The molecule has 0 saturated heterocycles. The van der Waals surface area contributed by atoms with Crippen molar-refractivity contribution in [3.63, 3.8) is 0 Å². The fourth-order valence-corrected chi connectivity index (χ4v) is 1.43. The lowest BCUT2D eigenvalue weighted by Crippen LogP contribution is -1.95. The van der Waals surface area contributed by atoms with Gasteiger partial charge in [0.2, 0.25) is 0 Å². The molecule has 4 heteroatoms. The summed E-state index contributed by atoms with van der Waals surface area (Å²) in [4.78, 5) is 0. The Labute approximate surface area is 117 Å². The Balaban J connectivity index is 0.000000204. The maximum Gasteiger partial charge on any atom is 0.186 e. The highest BCUT2D eigenvalue weighted by Gasteiger charge is 1.99. The zero-order chi connectivity index (χ0) is 14.6. The molecule has 2 aromatic carbocycles. The molecule has 0 heterocycles. The molecule has 4 nitrogen and oxygen atoms in total. The van der Waals surface area contributed by atoms with Gasteiger partial charge in [-0.3, -0.25) is 0 Å². The van der Waals surface area contributed by atoms with Crippen molar-refractivity contribution < 1.29 is 5.21 Å². The molecule has 20 heavy (non-hydrogen) atoms.